The highest BCUT2D eigenvalue weighted by atomic mass is 32.2. The second-order valence-corrected chi connectivity index (χ2v) is 7.73. The Labute approximate surface area is 164 Å². The van der Waals surface area contributed by atoms with E-state index in [9.17, 15) is 4.79 Å². The third-order valence-electron chi connectivity index (χ3n) is 4.63. The van der Waals surface area contributed by atoms with Crippen molar-refractivity contribution in [3.63, 3.8) is 0 Å². The monoisotopic (exact) mass is 386 g/mol. The number of hydrogen-bond acceptors (Lipinski definition) is 5. The van der Waals surface area contributed by atoms with E-state index in [-0.39, 0.29) is 11.7 Å². The Kier molecular flexibility index (Phi) is 6.92. The maximum absolute atomic E-state index is 12.3. The standard InChI is InChI=1S/C20H26N4O2S/c1-15-13-18(23-26-15)22-19(25)14-27-20(21-16-9-5-3-6-10-16)24(2)17-11-7-4-8-12-17/h3,5-6,9-10,13,17H,4,7-8,11-12,14H2,1-2H3,(H,22,23,25). The molecule has 3 rings (SSSR count). The molecule has 1 aromatic carbocycles. The summed E-state index contributed by atoms with van der Waals surface area (Å²) < 4.78 is 4.98. The number of aliphatic imine (C=N–C) groups is 1. The van der Waals surface area contributed by atoms with Crippen molar-refractivity contribution in [3.8, 4) is 0 Å². The summed E-state index contributed by atoms with van der Waals surface area (Å²) in [6, 6.07) is 12.1. The van der Waals surface area contributed by atoms with E-state index < -0.39 is 0 Å². The molecule has 0 aliphatic heterocycles. The Bertz CT molecular complexity index is 769. The average molecular weight is 387 g/mol. The molecule has 0 radical (unpaired) electrons. The van der Waals surface area contributed by atoms with Gasteiger partial charge in [-0.05, 0) is 31.9 Å². The Morgan fingerprint density at radius 3 is 2.70 bits per heavy atom. The van der Waals surface area contributed by atoms with E-state index in [1.165, 1.54) is 43.9 Å². The Morgan fingerprint density at radius 2 is 2.04 bits per heavy atom. The number of nitrogens with zero attached hydrogens (tertiary/aromatic N) is 3. The summed E-state index contributed by atoms with van der Waals surface area (Å²) in [5.41, 5.74) is 0.898. The number of carbonyl (C=O) groups is 1. The van der Waals surface area contributed by atoms with Crippen LogP contribution in [0.4, 0.5) is 11.5 Å². The molecule has 27 heavy (non-hydrogen) atoms. The van der Waals surface area contributed by atoms with Crippen LogP contribution in [-0.2, 0) is 4.79 Å². The first-order valence-electron chi connectivity index (χ1n) is 9.34. The fourth-order valence-corrected chi connectivity index (χ4v) is 4.04. The zero-order valence-electron chi connectivity index (χ0n) is 15.9. The van der Waals surface area contributed by atoms with Crippen LogP contribution in [0.15, 0.2) is 45.9 Å². The van der Waals surface area contributed by atoms with Crippen molar-refractivity contribution in [1.82, 2.24) is 10.1 Å². The van der Waals surface area contributed by atoms with E-state index in [0.29, 0.717) is 17.6 Å². The van der Waals surface area contributed by atoms with Gasteiger partial charge in [0.05, 0.1) is 11.4 Å². The number of para-hydroxylation sites is 1. The molecule has 0 saturated heterocycles. The highest BCUT2D eigenvalue weighted by Gasteiger charge is 2.22. The van der Waals surface area contributed by atoms with E-state index in [1.54, 1.807) is 13.0 Å². The molecule has 1 aliphatic carbocycles. The van der Waals surface area contributed by atoms with E-state index >= 15 is 0 Å². The number of rotatable bonds is 5. The largest absolute Gasteiger partial charge is 0.360 e. The van der Waals surface area contributed by atoms with Gasteiger partial charge in [0.1, 0.15) is 5.76 Å². The lowest BCUT2D eigenvalue weighted by atomic mass is 9.95. The Balaban J connectivity index is 1.67. The van der Waals surface area contributed by atoms with Crippen LogP contribution < -0.4 is 5.32 Å². The number of thioether (sulfide) groups is 1. The van der Waals surface area contributed by atoms with Gasteiger partial charge >= 0.3 is 0 Å². The van der Waals surface area contributed by atoms with Crippen molar-refractivity contribution in [2.24, 2.45) is 4.99 Å². The fourth-order valence-electron chi connectivity index (χ4n) is 3.18. The maximum atomic E-state index is 12.3. The summed E-state index contributed by atoms with van der Waals surface area (Å²) >= 11 is 1.46. The summed E-state index contributed by atoms with van der Waals surface area (Å²) in [6.45, 7) is 1.79. The fraction of sp³-hybridized carbons (Fsp3) is 0.450. The highest BCUT2D eigenvalue weighted by molar-refractivity contribution is 8.14. The number of benzene rings is 1. The van der Waals surface area contributed by atoms with Gasteiger partial charge in [0.15, 0.2) is 11.0 Å². The molecule has 2 aromatic rings. The molecule has 144 valence electrons. The number of amides is 1. The molecule has 0 bridgehead atoms. The van der Waals surface area contributed by atoms with Gasteiger partial charge in [-0.25, -0.2) is 4.99 Å². The van der Waals surface area contributed by atoms with Crippen LogP contribution in [0.5, 0.6) is 0 Å². The molecule has 1 saturated carbocycles. The van der Waals surface area contributed by atoms with Crippen LogP contribution in [-0.4, -0.2) is 40.0 Å². The third kappa shape index (κ3) is 5.85. The molecule has 1 aromatic heterocycles. The molecule has 0 atom stereocenters. The number of amidine groups is 1. The van der Waals surface area contributed by atoms with Crippen molar-refractivity contribution in [2.45, 2.75) is 45.1 Å². The lowest BCUT2D eigenvalue weighted by Crippen LogP contribution is -2.37. The molecule has 1 aliphatic rings. The minimum absolute atomic E-state index is 0.119. The summed E-state index contributed by atoms with van der Waals surface area (Å²) in [7, 11) is 2.09. The summed E-state index contributed by atoms with van der Waals surface area (Å²) in [6.07, 6.45) is 6.17. The van der Waals surface area contributed by atoms with Gasteiger partial charge in [0, 0.05) is 19.2 Å². The molecular weight excluding hydrogens is 360 g/mol. The summed E-state index contributed by atoms with van der Waals surface area (Å²) in [5, 5.41) is 7.44. The maximum Gasteiger partial charge on any atom is 0.236 e. The number of aromatic nitrogens is 1. The number of nitrogens with one attached hydrogen (secondary N) is 1. The molecule has 7 heteroatoms. The minimum Gasteiger partial charge on any atom is -0.360 e. The van der Waals surface area contributed by atoms with Gasteiger partial charge in [0.2, 0.25) is 5.91 Å². The third-order valence-corrected chi connectivity index (χ3v) is 5.68. The Hall–Kier alpha value is -2.28. The number of anilines is 1. The lowest BCUT2D eigenvalue weighted by molar-refractivity contribution is -0.113. The van der Waals surface area contributed by atoms with Crippen molar-refractivity contribution >= 4 is 34.3 Å². The van der Waals surface area contributed by atoms with Crippen LogP contribution in [0, 0.1) is 6.92 Å². The van der Waals surface area contributed by atoms with Crippen molar-refractivity contribution in [2.75, 3.05) is 18.1 Å². The molecular formula is C20H26N4O2S. The first kappa shape index (κ1) is 19.5. The molecule has 1 N–H and O–H groups in total. The van der Waals surface area contributed by atoms with Gasteiger partial charge in [-0.2, -0.15) is 0 Å². The minimum atomic E-state index is -0.119. The highest BCUT2D eigenvalue weighted by Crippen LogP contribution is 2.26. The van der Waals surface area contributed by atoms with Gasteiger partial charge in [-0.1, -0.05) is 54.4 Å². The van der Waals surface area contributed by atoms with Gasteiger partial charge in [-0.15, -0.1) is 0 Å². The van der Waals surface area contributed by atoms with Crippen molar-refractivity contribution in [3.05, 3.63) is 42.2 Å². The molecule has 0 spiro atoms. The van der Waals surface area contributed by atoms with Crippen molar-refractivity contribution < 1.29 is 9.32 Å². The van der Waals surface area contributed by atoms with E-state index in [2.05, 4.69) is 22.4 Å². The average Bonchev–Trinajstić information content (AvgIpc) is 3.10. The predicted molar refractivity (Wildman–Crippen MR) is 111 cm³/mol. The molecule has 6 nitrogen and oxygen atoms in total. The molecule has 1 amide bonds. The first-order valence-corrected chi connectivity index (χ1v) is 10.3. The van der Waals surface area contributed by atoms with Crippen LogP contribution in [0.1, 0.15) is 37.9 Å². The summed E-state index contributed by atoms with van der Waals surface area (Å²) in [4.78, 5) is 19.3. The molecule has 0 unspecified atom stereocenters. The zero-order valence-corrected chi connectivity index (χ0v) is 16.7. The summed E-state index contributed by atoms with van der Waals surface area (Å²) in [5.74, 6) is 1.27. The van der Waals surface area contributed by atoms with Crippen LogP contribution >= 0.6 is 11.8 Å². The zero-order chi connectivity index (χ0) is 19.1. The van der Waals surface area contributed by atoms with Crippen LogP contribution in [0.3, 0.4) is 0 Å². The number of aryl methyl sites for hydroxylation is 1. The van der Waals surface area contributed by atoms with Crippen molar-refractivity contribution in [1.29, 1.82) is 0 Å². The second kappa shape index (κ2) is 9.60. The number of hydrogen-bond donors (Lipinski definition) is 1. The van der Waals surface area contributed by atoms with Crippen LogP contribution in [0.2, 0.25) is 0 Å². The predicted octanol–water partition coefficient (Wildman–Crippen LogP) is 4.61. The first-order chi connectivity index (χ1) is 13.1. The normalized spacial score (nSPS) is 15.6. The topological polar surface area (TPSA) is 70.7 Å². The quantitative estimate of drug-likeness (QED) is 0.600. The van der Waals surface area contributed by atoms with Gasteiger partial charge < -0.3 is 14.7 Å². The van der Waals surface area contributed by atoms with Crippen LogP contribution in [0.25, 0.3) is 0 Å². The second-order valence-electron chi connectivity index (χ2n) is 6.79. The molecule has 1 heterocycles. The van der Waals surface area contributed by atoms with Gasteiger partial charge in [0.25, 0.3) is 0 Å². The molecule has 1 fully saturated rings. The number of carbonyl (C=O) groups excluding carboxylic acids is 1. The van der Waals surface area contributed by atoms with E-state index in [1.807, 2.05) is 30.3 Å². The van der Waals surface area contributed by atoms with Gasteiger partial charge in [-0.3, -0.25) is 4.79 Å². The van der Waals surface area contributed by atoms with E-state index in [4.69, 9.17) is 9.52 Å². The lowest BCUT2D eigenvalue weighted by Gasteiger charge is -2.33. The Morgan fingerprint density at radius 1 is 1.30 bits per heavy atom. The SMILES string of the molecule is Cc1cc(NC(=O)CSC(=Nc2ccccc2)N(C)C2CCCCC2)no1. The van der Waals surface area contributed by atoms with E-state index in [0.717, 1.165) is 10.9 Å². The smallest absolute Gasteiger partial charge is 0.236 e.